The third-order valence-electron chi connectivity index (χ3n) is 3.69. The van der Waals surface area contributed by atoms with Gasteiger partial charge in [0.05, 0.1) is 12.1 Å². The summed E-state index contributed by atoms with van der Waals surface area (Å²) in [6.45, 7) is 8.19. The average molecular weight is 346 g/mol. The molecule has 0 saturated carbocycles. The molecule has 1 heterocycles. The van der Waals surface area contributed by atoms with Gasteiger partial charge in [-0.25, -0.2) is 4.98 Å². The summed E-state index contributed by atoms with van der Waals surface area (Å²) in [6, 6.07) is 7.53. The lowest BCUT2D eigenvalue weighted by atomic mass is 9.87. The van der Waals surface area contributed by atoms with Crippen LogP contribution in [0.15, 0.2) is 24.3 Å². The van der Waals surface area contributed by atoms with Gasteiger partial charge in [-0.05, 0) is 36.5 Å². The molecule has 0 aliphatic rings. The van der Waals surface area contributed by atoms with Gasteiger partial charge >= 0.3 is 5.97 Å². The molecule has 0 spiro atoms. The minimum absolute atomic E-state index is 0.0421. The monoisotopic (exact) mass is 346 g/mol. The summed E-state index contributed by atoms with van der Waals surface area (Å²) >= 11 is 1.33. The topological polar surface area (TPSA) is 79.3 Å². The van der Waals surface area contributed by atoms with E-state index in [0.29, 0.717) is 17.1 Å². The molecule has 1 aromatic carbocycles. The Morgan fingerprint density at radius 3 is 2.38 bits per heavy atom. The number of rotatable bonds is 5. The van der Waals surface area contributed by atoms with Gasteiger partial charge in [0.1, 0.15) is 0 Å². The van der Waals surface area contributed by atoms with E-state index in [2.05, 4.69) is 31.1 Å². The van der Waals surface area contributed by atoms with Crippen LogP contribution in [0.2, 0.25) is 0 Å². The van der Waals surface area contributed by atoms with Crippen LogP contribution in [0.3, 0.4) is 0 Å². The number of amides is 1. The van der Waals surface area contributed by atoms with Crippen molar-refractivity contribution in [3.05, 3.63) is 46.0 Å². The average Bonchev–Trinajstić information content (AvgIpc) is 2.84. The van der Waals surface area contributed by atoms with Crippen LogP contribution in [0, 0.1) is 6.92 Å². The standard InChI is InChI=1S/C18H22N2O3S/c1-11-14(9-10-15(21)22)24-17(19-11)20-16(23)12-5-7-13(8-6-12)18(2,3)4/h5-8H,9-10H2,1-4H3,(H,21,22)(H,19,20,23). The van der Waals surface area contributed by atoms with Crippen LogP contribution in [0.25, 0.3) is 0 Å². The predicted molar refractivity (Wildman–Crippen MR) is 95.9 cm³/mol. The number of carbonyl (C=O) groups is 2. The molecule has 0 aliphatic carbocycles. The molecule has 2 rings (SSSR count). The van der Waals surface area contributed by atoms with Crippen molar-refractivity contribution in [2.45, 2.75) is 46.0 Å². The van der Waals surface area contributed by atoms with E-state index in [1.807, 2.05) is 31.2 Å². The first-order valence-electron chi connectivity index (χ1n) is 7.77. The van der Waals surface area contributed by atoms with Crippen LogP contribution in [0.1, 0.15) is 53.7 Å². The van der Waals surface area contributed by atoms with Crippen LogP contribution < -0.4 is 5.32 Å². The van der Waals surface area contributed by atoms with Crippen molar-refractivity contribution in [3.63, 3.8) is 0 Å². The molecule has 1 amide bonds. The van der Waals surface area contributed by atoms with E-state index in [1.54, 1.807) is 0 Å². The number of carboxylic acids is 1. The quantitative estimate of drug-likeness (QED) is 0.857. The molecule has 2 aromatic rings. The molecule has 2 N–H and O–H groups in total. The summed E-state index contributed by atoms with van der Waals surface area (Å²) in [5.74, 6) is -1.05. The zero-order chi connectivity index (χ0) is 17.9. The Labute approximate surface area is 145 Å². The second kappa shape index (κ2) is 7.13. The van der Waals surface area contributed by atoms with Crippen molar-refractivity contribution in [2.75, 3.05) is 5.32 Å². The number of nitrogens with zero attached hydrogens (tertiary/aromatic N) is 1. The molecular formula is C18H22N2O3S. The normalized spacial score (nSPS) is 11.3. The van der Waals surface area contributed by atoms with Gasteiger partial charge in [-0.15, -0.1) is 11.3 Å². The first kappa shape index (κ1) is 18.1. The van der Waals surface area contributed by atoms with Crippen LogP contribution in [-0.2, 0) is 16.6 Å². The number of hydrogen-bond donors (Lipinski definition) is 2. The van der Waals surface area contributed by atoms with Gasteiger partial charge in [0.15, 0.2) is 5.13 Å². The molecule has 0 fully saturated rings. The number of aliphatic carboxylic acids is 1. The van der Waals surface area contributed by atoms with Crippen LogP contribution >= 0.6 is 11.3 Å². The maximum atomic E-state index is 12.3. The largest absolute Gasteiger partial charge is 0.481 e. The molecule has 0 atom stereocenters. The lowest BCUT2D eigenvalue weighted by Crippen LogP contribution is -2.14. The zero-order valence-corrected chi connectivity index (χ0v) is 15.2. The molecule has 5 nitrogen and oxygen atoms in total. The first-order chi connectivity index (χ1) is 11.2. The first-order valence-corrected chi connectivity index (χ1v) is 8.58. The van der Waals surface area contributed by atoms with Crippen molar-refractivity contribution in [1.29, 1.82) is 0 Å². The van der Waals surface area contributed by atoms with Gasteiger partial charge in [-0.1, -0.05) is 32.9 Å². The van der Waals surface area contributed by atoms with Crippen molar-refractivity contribution >= 4 is 28.3 Å². The molecule has 24 heavy (non-hydrogen) atoms. The second-order valence-corrected chi connectivity index (χ2v) is 7.79. The zero-order valence-electron chi connectivity index (χ0n) is 14.3. The predicted octanol–water partition coefficient (Wildman–Crippen LogP) is 4.02. The summed E-state index contributed by atoms with van der Waals surface area (Å²) in [6.07, 6.45) is 0.486. The molecule has 0 bridgehead atoms. The van der Waals surface area contributed by atoms with E-state index in [-0.39, 0.29) is 17.7 Å². The van der Waals surface area contributed by atoms with E-state index in [1.165, 1.54) is 16.9 Å². The SMILES string of the molecule is Cc1nc(NC(=O)c2ccc(C(C)(C)C)cc2)sc1CCC(=O)O. The third kappa shape index (κ3) is 4.64. The smallest absolute Gasteiger partial charge is 0.303 e. The number of nitrogens with one attached hydrogen (secondary N) is 1. The van der Waals surface area contributed by atoms with E-state index < -0.39 is 5.97 Å². The minimum Gasteiger partial charge on any atom is -0.481 e. The molecule has 0 unspecified atom stereocenters. The number of thiazole rings is 1. The van der Waals surface area contributed by atoms with Crippen LogP contribution in [-0.4, -0.2) is 22.0 Å². The second-order valence-electron chi connectivity index (χ2n) is 6.70. The molecule has 0 aliphatic heterocycles. The molecule has 0 radical (unpaired) electrons. The Morgan fingerprint density at radius 1 is 1.21 bits per heavy atom. The molecule has 1 aromatic heterocycles. The highest BCUT2D eigenvalue weighted by atomic mass is 32.1. The van der Waals surface area contributed by atoms with Crippen LogP contribution in [0.5, 0.6) is 0 Å². The Balaban J connectivity index is 2.07. The summed E-state index contributed by atoms with van der Waals surface area (Å²) in [7, 11) is 0. The summed E-state index contributed by atoms with van der Waals surface area (Å²) in [5, 5.41) is 12.0. The number of carboxylic acid groups (broad SMARTS) is 1. The van der Waals surface area contributed by atoms with Gasteiger partial charge < -0.3 is 5.11 Å². The van der Waals surface area contributed by atoms with E-state index in [4.69, 9.17) is 5.11 Å². The van der Waals surface area contributed by atoms with Gasteiger partial charge in [-0.2, -0.15) is 0 Å². The van der Waals surface area contributed by atoms with Gasteiger partial charge in [0.2, 0.25) is 0 Å². The van der Waals surface area contributed by atoms with Gasteiger partial charge in [0, 0.05) is 10.4 Å². The fourth-order valence-electron chi connectivity index (χ4n) is 2.22. The lowest BCUT2D eigenvalue weighted by Gasteiger charge is -2.18. The number of anilines is 1. The molecule has 0 saturated heterocycles. The molecular weight excluding hydrogens is 324 g/mol. The van der Waals surface area contributed by atoms with Crippen molar-refractivity contribution in [1.82, 2.24) is 4.98 Å². The number of aromatic nitrogens is 1. The highest BCUT2D eigenvalue weighted by Crippen LogP contribution is 2.25. The number of hydrogen-bond acceptors (Lipinski definition) is 4. The fraction of sp³-hybridized carbons (Fsp3) is 0.389. The van der Waals surface area contributed by atoms with Gasteiger partial charge in [0.25, 0.3) is 5.91 Å². The number of carbonyl (C=O) groups excluding carboxylic acids is 1. The number of benzene rings is 1. The minimum atomic E-state index is -0.840. The van der Waals surface area contributed by atoms with Crippen molar-refractivity contribution in [2.24, 2.45) is 0 Å². The third-order valence-corrected chi connectivity index (χ3v) is 4.82. The summed E-state index contributed by atoms with van der Waals surface area (Å²) in [5.41, 5.74) is 2.54. The fourth-order valence-corrected chi connectivity index (χ4v) is 3.18. The Morgan fingerprint density at radius 2 is 1.83 bits per heavy atom. The maximum absolute atomic E-state index is 12.3. The van der Waals surface area contributed by atoms with Crippen molar-refractivity contribution in [3.8, 4) is 0 Å². The highest BCUT2D eigenvalue weighted by molar-refractivity contribution is 7.15. The molecule has 6 heteroatoms. The summed E-state index contributed by atoms with van der Waals surface area (Å²) in [4.78, 5) is 28.2. The maximum Gasteiger partial charge on any atom is 0.303 e. The van der Waals surface area contributed by atoms with Crippen molar-refractivity contribution < 1.29 is 14.7 Å². The van der Waals surface area contributed by atoms with Crippen LogP contribution in [0.4, 0.5) is 5.13 Å². The van der Waals surface area contributed by atoms with E-state index in [0.717, 1.165) is 10.6 Å². The van der Waals surface area contributed by atoms with Gasteiger partial charge in [-0.3, -0.25) is 14.9 Å². The number of aryl methyl sites for hydroxylation is 2. The highest BCUT2D eigenvalue weighted by Gasteiger charge is 2.16. The Hall–Kier alpha value is -2.21. The van der Waals surface area contributed by atoms with E-state index >= 15 is 0 Å². The lowest BCUT2D eigenvalue weighted by molar-refractivity contribution is -0.136. The Kier molecular flexibility index (Phi) is 5.39. The summed E-state index contributed by atoms with van der Waals surface area (Å²) < 4.78 is 0. The Bertz CT molecular complexity index is 743. The van der Waals surface area contributed by atoms with E-state index in [9.17, 15) is 9.59 Å². The molecule has 128 valence electrons.